The molecule has 0 fully saturated rings. The van der Waals surface area contributed by atoms with Crippen LogP contribution in [0, 0.1) is 17.6 Å². The molecule has 0 unspecified atom stereocenters. The van der Waals surface area contributed by atoms with Crippen molar-refractivity contribution in [3.63, 3.8) is 0 Å². The first kappa shape index (κ1) is 19.4. The molecular formula is C22H17F3N2O. The van der Waals surface area contributed by atoms with Gasteiger partial charge in [-0.2, -0.15) is 4.39 Å². The Morgan fingerprint density at radius 1 is 1.04 bits per heavy atom. The standard InChI is InChI=1S/C22H17F3N2O/c1-14(27-22(28)10-7-15-5-8-19(23)12-20(15)24)16-3-2-4-17(11-16)18-6-9-21(25)26-13-18/h2-14H,1H3,(H,27,28)/b10-7+/t14-/m0/s1. The van der Waals surface area contributed by atoms with Gasteiger partial charge in [0.1, 0.15) is 11.6 Å². The van der Waals surface area contributed by atoms with Crippen LogP contribution >= 0.6 is 0 Å². The summed E-state index contributed by atoms with van der Waals surface area (Å²) in [5.74, 6) is -2.38. The van der Waals surface area contributed by atoms with Crippen molar-refractivity contribution in [1.29, 1.82) is 0 Å². The zero-order valence-electron chi connectivity index (χ0n) is 15.0. The molecule has 142 valence electrons. The van der Waals surface area contributed by atoms with Crippen molar-refractivity contribution in [3.05, 3.63) is 95.6 Å². The molecule has 0 spiro atoms. The summed E-state index contributed by atoms with van der Waals surface area (Å²) in [6.45, 7) is 1.81. The number of aromatic nitrogens is 1. The van der Waals surface area contributed by atoms with E-state index in [-0.39, 0.29) is 11.6 Å². The summed E-state index contributed by atoms with van der Waals surface area (Å²) < 4.78 is 39.5. The van der Waals surface area contributed by atoms with Crippen LogP contribution in [0.25, 0.3) is 17.2 Å². The molecule has 6 heteroatoms. The summed E-state index contributed by atoms with van der Waals surface area (Å²) in [6.07, 6.45) is 3.93. The van der Waals surface area contributed by atoms with Crippen molar-refractivity contribution in [1.82, 2.24) is 10.3 Å². The van der Waals surface area contributed by atoms with Crippen LogP contribution in [0.4, 0.5) is 13.2 Å². The van der Waals surface area contributed by atoms with Gasteiger partial charge in [0.25, 0.3) is 0 Å². The van der Waals surface area contributed by atoms with E-state index in [2.05, 4.69) is 10.3 Å². The number of amides is 1. The minimum atomic E-state index is -0.738. The minimum Gasteiger partial charge on any atom is -0.346 e. The van der Waals surface area contributed by atoms with Crippen LogP contribution in [-0.4, -0.2) is 10.9 Å². The zero-order valence-corrected chi connectivity index (χ0v) is 15.0. The average Bonchev–Trinajstić information content (AvgIpc) is 2.68. The Labute approximate surface area is 160 Å². The topological polar surface area (TPSA) is 42.0 Å². The molecule has 3 aromatic rings. The fourth-order valence-electron chi connectivity index (χ4n) is 2.68. The molecule has 1 amide bonds. The van der Waals surface area contributed by atoms with Gasteiger partial charge in [0.05, 0.1) is 6.04 Å². The monoisotopic (exact) mass is 382 g/mol. The lowest BCUT2D eigenvalue weighted by molar-refractivity contribution is -0.117. The van der Waals surface area contributed by atoms with Crippen molar-refractivity contribution >= 4 is 12.0 Å². The molecule has 1 N–H and O–H groups in total. The van der Waals surface area contributed by atoms with Gasteiger partial charge in [0.15, 0.2) is 0 Å². The van der Waals surface area contributed by atoms with Gasteiger partial charge in [-0.3, -0.25) is 4.79 Å². The van der Waals surface area contributed by atoms with Gasteiger partial charge >= 0.3 is 0 Å². The molecule has 1 atom stereocenters. The van der Waals surface area contributed by atoms with Crippen molar-refractivity contribution in [2.45, 2.75) is 13.0 Å². The molecule has 0 aliphatic rings. The average molecular weight is 382 g/mol. The van der Waals surface area contributed by atoms with Gasteiger partial charge in [-0.25, -0.2) is 13.8 Å². The molecule has 0 aliphatic heterocycles. The van der Waals surface area contributed by atoms with Crippen LogP contribution in [0.3, 0.4) is 0 Å². The first-order valence-corrected chi connectivity index (χ1v) is 8.58. The number of carbonyl (C=O) groups excluding carboxylic acids is 1. The highest BCUT2D eigenvalue weighted by atomic mass is 19.1. The number of nitrogens with one attached hydrogen (secondary N) is 1. The van der Waals surface area contributed by atoms with Gasteiger partial charge in [-0.1, -0.05) is 18.2 Å². The van der Waals surface area contributed by atoms with E-state index in [9.17, 15) is 18.0 Å². The lowest BCUT2D eigenvalue weighted by Crippen LogP contribution is -2.24. The second-order valence-corrected chi connectivity index (χ2v) is 6.22. The lowest BCUT2D eigenvalue weighted by Gasteiger charge is -2.14. The number of hydrogen-bond acceptors (Lipinski definition) is 2. The van der Waals surface area contributed by atoms with Crippen LogP contribution < -0.4 is 5.32 Å². The van der Waals surface area contributed by atoms with E-state index in [1.54, 1.807) is 6.07 Å². The number of carbonyl (C=O) groups is 1. The molecule has 2 aromatic carbocycles. The summed E-state index contributed by atoms with van der Waals surface area (Å²) in [6, 6.07) is 13.2. The first-order chi connectivity index (χ1) is 13.4. The van der Waals surface area contributed by atoms with E-state index >= 15 is 0 Å². The summed E-state index contributed by atoms with van der Waals surface area (Å²) in [7, 11) is 0. The number of rotatable bonds is 5. The van der Waals surface area contributed by atoms with Gasteiger partial charge < -0.3 is 5.32 Å². The number of pyridine rings is 1. The molecule has 0 aliphatic carbocycles. The fraction of sp³-hybridized carbons (Fsp3) is 0.0909. The normalized spacial score (nSPS) is 12.1. The third-order valence-electron chi connectivity index (χ3n) is 4.18. The molecule has 1 aromatic heterocycles. The Morgan fingerprint density at radius 3 is 2.57 bits per heavy atom. The number of nitrogens with zero attached hydrogens (tertiary/aromatic N) is 1. The van der Waals surface area contributed by atoms with Gasteiger partial charge in [0, 0.05) is 29.5 Å². The molecule has 3 rings (SSSR count). The number of halogens is 3. The largest absolute Gasteiger partial charge is 0.346 e. The summed E-state index contributed by atoms with van der Waals surface area (Å²) in [5, 5.41) is 2.79. The van der Waals surface area contributed by atoms with E-state index in [0.29, 0.717) is 0 Å². The molecule has 28 heavy (non-hydrogen) atoms. The Balaban J connectivity index is 1.69. The zero-order chi connectivity index (χ0) is 20.1. The maximum absolute atomic E-state index is 13.6. The Kier molecular flexibility index (Phi) is 5.89. The lowest BCUT2D eigenvalue weighted by atomic mass is 10.0. The molecule has 3 nitrogen and oxygen atoms in total. The molecular weight excluding hydrogens is 365 g/mol. The van der Waals surface area contributed by atoms with E-state index in [4.69, 9.17) is 0 Å². The van der Waals surface area contributed by atoms with Crippen LogP contribution in [0.5, 0.6) is 0 Å². The van der Waals surface area contributed by atoms with Crippen molar-refractivity contribution < 1.29 is 18.0 Å². The third-order valence-corrected chi connectivity index (χ3v) is 4.18. The van der Waals surface area contributed by atoms with Gasteiger partial charge in [-0.15, -0.1) is 0 Å². The molecule has 0 saturated heterocycles. The molecule has 0 bridgehead atoms. The predicted octanol–water partition coefficient (Wildman–Crippen LogP) is 5.06. The Morgan fingerprint density at radius 2 is 1.86 bits per heavy atom. The quantitative estimate of drug-likeness (QED) is 0.495. The Bertz CT molecular complexity index is 1020. The number of hydrogen-bond donors (Lipinski definition) is 1. The van der Waals surface area contributed by atoms with Crippen LogP contribution in [-0.2, 0) is 4.79 Å². The second-order valence-electron chi connectivity index (χ2n) is 6.22. The van der Waals surface area contributed by atoms with Crippen molar-refractivity contribution in [2.24, 2.45) is 0 Å². The summed E-state index contributed by atoms with van der Waals surface area (Å²) in [4.78, 5) is 15.8. The maximum atomic E-state index is 13.6. The van der Waals surface area contributed by atoms with E-state index in [1.807, 2.05) is 31.2 Å². The van der Waals surface area contributed by atoms with Crippen LogP contribution in [0.2, 0.25) is 0 Å². The minimum absolute atomic E-state index is 0.120. The van der Waals surface area contributed by atoms with E-state index < -0.39 is 23.5 Å². The summed E-state index contributed by atoms with van der Waals surface area (Å²) in [5.41, 5.74) is 2.56. The summed E-state index contributed by atoms with van der Waals surface area (Å²) >= 11 is 0. The third kappa shape index (κ3) is 4.85. The first-order valence-electron chi connectivity index (χ1n) is 8.58. The van der Waals surface area contributed by atoms with Gasteiger partial charge in [0.2, 0.25) is 11.9 Å². The highest BCUT2D eigenvalue weighted by Crippen LogP contribution is 2.23. The molecule has 0 radical (unpaired) electrons. The van der Waals surface area contributed by atoms with E-state index in [0.717, 1.165) is 28.8 Å². The second kappa shape index (κ2) is 8.52. The highest BCUT2D eigenvalue weighted by Gasteiger charge is 2.10. The SMILES string of the molecule is C[C@H](NC(=O)/C=C/c1ccc(F)cc1F)c1cccc(-c2ccc(F)nc2)c1. The van der Waals surface area contributed by atoms with Crippen molar-refractivity contribution in [3.8, 4) is 11.1 Å². The van der Waals surface area contributed by atoms with Crippen LogP contribution in [0.15, 0.2) is 66.9 Å². The predicted molar refractivity (Wildman–Crippen MR) is 102 cm³/mol. The van der Waals surface area contributed by atoms with Gasteiger partial charge in [-0.05, 0) is 54.5 Å². The van der Waals surface area contributed by atoms with Crippen molar-refractivity contribution in [2.75, 3.05) is 0 Å². The fourth-order valence-corrected chi connectivity index (χ4v) is 2.68. The molecule has 1 heterocycles. The Hall–Kier alpha value is -3.41. The molecule has 0 saturated carbocycles. The van der Waals surface area contributed by atoms with E-state index in [1.165, 1.54) is 30.5 Å². The van der Waals surface area contributed by atoms with Crippen LogP contribution in [0.1, 0.15) is 24.1 Å². The highest BCUT2D eigenvalue weighted by molar-refractivity contribution is 5.92. The maximum Gasteiger partial charge on any atom is 0.244 e. The number of benzene rings is 2. The smallest absolute Gasteiger partial charge is 0.244 e.